The SMILES string of the molecule is CC(C)C[C@H](NC(=O)c1ccc2c(c1)Nc1ccccc1S2)C(=O)N[C@H]1CCO[C@H]1CC(=O)O. The summed E-state index contributed by atoms with van der Waals surface area (Å²) in [6.07, 6.45) is 0.266. The molecule has 2 amide bonds. The summed E-state index contributed by atoms with van der Waals surface area (Å²) in [6, 6.07) is 12.3. The lowest BCUT2D eigenvalue weighted by atomic mass is 10.0. The maximum absolute atomic E-state index is 13.1. The summed E-state index contributed by atoms with van der Waals surface area (Å²) in [7, 11) is 0. The molecule has 0 aliphatic carbocycles. The Morgan fingerprint density at radius 1 is 1.15 bits per heavy atom. The second-order valence-corrected chi connectivity index (χ2v) is 10.1. The molecule has 2 aliphatic heterocycles. The Morgan fingerprint density at radius 2 is 1.91 bits per heavy atom. The van der Waals surface area contributed by atoms with Crippen LogP contribution in [-0.2, 0) is 14.3 Å². The van der Waals surface area contributed by atoms with Gasteiger partial charge in [-0.25, -0.2) is 0 Å². The van der Waals surface area contributed by atoms with Crippen molar-refractivity contribution in [1.29, 1.82) is 0 Å². The minimum Gasteiger partial charge on any atom is -0.481 e. The van der Waals surface area contributed by atoms with E-state index < -0.39 is 18.1 Å². The molecule has 0 aromatic heterocycles. The number of carbonyl (C=O) groups is 3. The van der Waals surface area contributed by atoms with E-state index in [1.807, 2.05) is 44.2 Å². The van der Waals surface area contributed by atoms with Gasteiger partial charge >= 0.3 is 5.97 Å². The normalized spacial score (nSPS) is 19.5. The van der Waals surface area contributed by atoms with Gasteiger partial charge in [0.2, 0.25) is 5.91 Å². The Bertz CT molecular complexity index is 1090. The van der Waals surface area contributed by atoms with Crippen LogP contribution in [0.3, 0.4) is 0 Å². The van der Waals surface area contributed by atoms with Crippen LogP contribution in [0.1, 0.15) is 43.5 Å². The molecule has 9 heteroatoms. The van der Waals surface area contributed by atoms with Crippen molar-refractivity contribution in [2.75, 3.05) is 11.9 Å². The van der Waals surface area contributed by atoms with Gasteiger partial charge in [-0.05, 0) is 49.1 Å². The lowest BCUT2D eigenvalue weighted by molar-refractivity contribution is -0.140. The molecule has 0 bridgehead atoms. The van der Waals surface area contributed by atoms with Crippen LogP contribution in [-0.4, -0.2) is 47.7 Å². The second kappa shape index (κ2) is 10.5. The van der Waals surface area contributed by atoms with Crippen molar-refractivity contribution >= 4 is 40.9 Å². The van der Waals surface area contributed by atoms with Gasteiger partial charge in [-0.15, -0.1) is 0 Å². The van der Waals surface area contributed by atoms with Crippen molar-refractivity contribution in [2.24, 2.45) is 5.92 Å². The Balaban J connectivity index is 1.45. The standard InChI is InChI=1S/C25H29N3O5S/c1-14(2)11-19(25(32)27-16-9-10-33-20(16)13-23(29)30)28-24(31)15-7-8-22-18(12-15)26-17-5-3-4-6-21(17)34-22/h3-8,12,14,16,19-20,26H,9-11,13H2,1-2H3,(H,27,32)(H,28,31)(H,29,30)/t16-,19-,20-/m0/s1. The summed E-state index contributed by atoms with van der Waals surface area (Å²) >= 11 is 1.64. The zero-order valence-electron chi connectivity index (χ0n) is 19.2. The lowest BCUT2D eigenvalue weighted by Crippen LogP contribution is -2.52. The maximum Gasteiger partial charge on any atom is 0.306 e. The van der Waals surface area contributed by atoms with Crippen molar-refractivity contribution in [2.45, 2.75) is 61.1 Å². The molecule has 34 heavy (non-hydrogen) atoms. The Morgan fingerprint density at radius 3 is 2.68 bits per heavy atom. The molecule has 0 radical (unpaired) electrons. The highest BCUT2D eigenvalue weighted by molar-refractivity contribution is 7.99. The van der Waals surface area contributed by atoms with Crippen LogP contribution in [0.5, 0.6) is 0 Å². The predicted octanol–water partition coefficient (Wildman–Crippen LogP) is 3.79. The van der Waals surface area contributed by atoms with Crippen LogP contribution < -0.4 is 16.0 Å². The average molecular weight is 484 g/mol. The van der Waals surface area contributed by atoms with E-state index in [2.05, 4.69) is 16.0 Å². The quantitative estimate of drug-likeness (QED) is 0.385. The number of carboxylic acid groups (broad SMARTS) is 1. The highest BCUT2D eigenvalue weighted by Gasteiger charge is 2.33. The fourth-order valence-electron chi connectivity index (χ4n) is 4.20. The number of hydrogen-bond acceptors (Lipinski definition) is 6. The first-order valence-electron chi connectivity index (χ1n) is 11.4. The summed E-state index contributed by atoms with van der Waals surface area (Å²) in [5.74, 6) is -1.46. The van der Waals surface area contributed by atoms with Gasteiger partial charge in [0.05, 0.1) is 29.9 Å². The number of amides is 2. The fourth-order valence-corrected chi connectivity index (χ4v) is 5.16. The van der Waals surface area contributed by atoms with Crippen molar-refractivity contribution in [1.82, 2.24) is 10.6 Å². The van der Waals surface area contributed by atoms with Crippen LogP contribution in [0.4, 0.5) is 11.4 Å². The summed E-state index contributed by atoms with van der Waals surface area (Å²) in [5, 5.41) is 18.2. The monoisotopic (exact) mass is 483 g/mol. The molecule has 2 heterocycles. The number of anilines is 2. The lowest BCUT2D eigenvalue weighted by Gasteiger charge is -2.25. The Kier molecular flexibility index (Phi) is 7.43. The van der Waals surface area contributed by atoms with E-state index in [1.54, 1.807) is 23.9 Å². The number of ether oxygens (including phenoxy) is 1. The summed E-state index contributed by atoms with van der Waals surface area (Å²) in [6.45, 7) is 4.36. The van der Waals surface area contributed by atoms with Crippen molar-refractivity contribution in [3.8, 4) is 0 Å². The van der Waals surface area contributed by atoms with Gasteiger partial charge in [-0.2, -0.15) is 0 Å². The number of para-hydroxylation sites is 1. The maximum atomic E-state index is 13.1. The number of hydrogen-bond donors (Lipinski definition) is 4. The van der Waals surface area contributed by atoms with E-state index in [4.69, 9.17) is 9.84 Å². The second-order valence-electron chi connectivity index (χ2n) is 9.00. The third kappa shape index (κ3) is 5.71. The molecule has 4 N–H and O–H groups in total. The molecule has 3 atom stereocenters. The molecular weight excluding hydrogens is 454 g/mol. The molecule has 2 aromatic carbocycles. The smallest absolute Gasteiger partial charge is 0.306 e. The van der Waals surface area contributed by atoms with Crippen LogP contribution in [0.15, 0.2) is 52.3 Å². The number of carbonyl (C=O) groups excluding carboxylic acids is 2. The number of nitrogens with one attached hydrogen (secondary N) is 3. The highest BCUT2D eigenvalue weighted by Crippen LogP contribution is 2.44. The molecule has 180 valence electrons. The van der Waals surface area contributed by atoms with Gasteiger partial charge in [-0.1, -0.05) is 37.7 Å². The fraction of sp³-hybridized carbons (Fsp3) is 0.400. The van der Waals surface area contributed by atoms with Crippen LogP contribution in [0, 0.1) is 5.92 Å². The minimum atomic E-state index is -0.972. The average Bonchev–Trinajstić information content (AvgIpc) is 3.22. The molecule has 1 fully saturated rings. The van der Waals surface area contributed by atoms with E-state index >= 15 is 0 Å². The minimum absolute atomic E-state index is 0.170. The number of benzene rings is 2. The van der Waals surface area contributed by atoms with Gasteiger partial charge in [0.15, 0.2) is 0 Å². The predicted molar refractivity (Wildman–Crippen MR) is 130 cm³/mol. The first-order valence-corrected chi connectivity index (χ1v) is 12.2. The molecule has 8 nitrogen and oxygen atoms in total. The summed E-state index contributed by atoms with van der Waals surface area (Å²) in [4.78, 5) is 39.4. The van der Waals surface area contributed by atoms with Crippen LogP contribution >= 0.6 is 11.8 Å². The number of fused-ring (bicyclic) bond motifs is 2. The van der Waals surface area contributed by atoms with E-state index in [0.717, 1.165) is 21.2 Å². The number of carboxylic acids is 1. The number of aliphatic carboxylic acids is 1. The van der Waals surface area contributed by atoms with Crippen LogP contribution in [0.25, 0.3) is 0 Å². The summed E-state index contributed by atoms with van der Waals surface area (Å²) < 4.78 is 5.47. The van der Waals surface area contributed by atoms with Gasteiger partial charge in [0.25, 0.3) is 5.91 Å². The third-order valence-corrected chi connectivity index (χ3v) is 7.01. The summed E-state index contributed by atoms with van der Waals surface area (Å²) in [5.41, 5.74) is 2.30. The van der Waals surface area contributed by atoms with Crippen molar-refractivity contribution in [3.63, 3.8) is 0 Å². The van der Waals surface area contributed by atoms with Gasteiger partial charge in [-0.3, -0.25) is 14.4 Å². The van der Waals surface area contributed by atoms with E-state index in [1.165, 1.54) is 0 Å². The van der Waals surface area contributed by atoms with Crippen molar-refractivity contribution in [3.05, 3.63) is 48.0 Å². The molecule has 0 spiro atoms. The van der Waals surface area contributed by atoms with Gasteiger partial charge in [0, 0.05) is 22.0 Å². The first kappa shape index (κ1) is 24.1. The van der Waals surface area contributed by atoms with Gasteiger partial charge in [0.1, 0.15) is 6.04 Å². The van der Waals surface area contributed by atoms with E-state index in [0.29, 0.717) is 25.0 Å². The highest BCUT2D eigenvalue weighted by atomic mass is 32.2. The topological polar surface area (TPSA) is 117 Å². The van der Waals surface area contributed by atoms with Crippen molar-refractivity contribution < 1.29 is 24.2 Å². The Labute approximate surface area is 202 Å². The third-order valence-electron chi connectivity index (χ3n) is 5.86. The molecular formula is C25H29N3O5S. The number of rotatable bonds is 8. The molecule has 2 aromatic rings. The molecule has 4 rings (SSSR count). The molecule has 2 aliphatic rings. The zero-order chi connectivity index (χ0) is 24.2. The Hall–Kier alpha value is -3.04. The molecule has 1 saturated heterocycles. The first-order chi connectivity index (χ1) is 16.3. The van der Waals surface area contributed by atoms with E-state index in [-0.39, 0.29) is 30.2 Å². The molecule has 0 saturated carbocycles. The molecule has 0 unspecified atom stereocenters. The van der Waals surface area contributed by atoms with Crippen LogP contribution in [0.2, 0.25) is 0 Å². The largest absolute Gasteiger partial charge is 0.481 e. The van der Waals surface area contributed by atoms with E-state index in [9.17, 15) is 14.4 Å². The zero-order valence-corrected chi connectivity index (χ0v) is 20.0. The van der Waals surface area contributed by atoms with Gasteiger partial charge < -0.3 is 25.8 Å².